The van der Waals surface area contributed by atoms with Gasteiger partial charge in [0.05, 0.1) is 15.8 Å². The summed E-state index contributed by atoms with van der Waals surface area (Å²) in [6, 6.07) is 10.3. The molecule has 0 saturated heterocycles. The van der Waals surface area contributed by atoms with Crippen LogP contribution in [-0.2, 0) is 11.3 Å². The van der Waals surface area contributed by atoms with E-state index in [1.807, 2.05) is 24.3 Å². The zero-order valence-corrected chi connectivity index (χ0v) is 11.5. The van der Waals surface area contributed by atoms with Crippen LogP contribution in [0, 0.1) is 11.6 Å². The summed E-state index contributed by atoms with van der Waals surface area (Å²) in [5.41, 5.74) is 0.527. The fraction of sp³-hybridized carbons (Fsp3) is 0.0667. The van der Waals surface area contributed by atoms with Crippen molar-refractivity contribution in [3.05, 3.63) is 64.7 Å². The van der Waals surface area contributed by atoms with Crippen LogP contribution >= 0.6 is 11.3 Å². The van der Waals surface area contributed by atoms with Crippen LogP contribution in [0.5, 0.6) is 0 Å². The molecule has 2 aromatic carbocycles. The predicted octanol–water partition coefficient (Wildman–Crippen LogP) is 3.93. The first kappa shape index (κ1) is 13.6. The van der Waals surface area contributed by atoms with E-state index < -0.39 is 17.6 Å². The molecule has 1 heterocycles. The van der Waals surface area contributed by atoms with Gasteiger partial charge in [-0.25, -0.2) is 18.6 Å². The summed E-state index contributed by atoms with van der Waals surface area (Å²) in [7, 11) is 0. The van der Waals surface area contributed by atoms with Crippen LogP contribution < -0.4 is 0 Å². The molecule has 0 radical (unpaired) electrons. The van der Waals surface area contributed by atoms with Crippen LogP contribution in [0.1, 0.15) is 15.4 Å². The lowest BCUT2D eigenvalue weighted by atomic mass is 10.2. The van der Waals surface area contributed by atoms with E-state index in [0.29, 0.717) is 11.1 Å². The molecule has 0 aliphatic heterocycles. The molecule has 0 amide bonds. The molecule has 0 N–H and O–H groups in total. The third kappa shape index (κ3) is 2.90. The Morgan fingerprint density at radius 3 is 2.76 bits per heavy atom. The Labute approximate surface area is 122 Å². The van der Waals surface area contributed by atoms with Crippen molar-refractivity contribution in [2.75, 3.05) is 0 Å². The van der Waals surface area contributed by atoms with Crippen LogP contribution in [0.3, 0.4) is 0 Å². The number of esters is 1. The van der Waals surface area contributed by atoms with Crippen molar-refractivity contribution >= 4 is 27.5 Å². The molecule has 3 nitrogen and oxygen atoms in total. The second-order valence-electron chi connectivity index (χ2n) is 4.28. The van der Waals surface area contributed by atoms with Crippen molar-refractivity contribution in [3.63, 3.8) is 0 Å². The number of nitrogens with zero attached hydrogens (tertiary/aromatic N) is 1. The smallest absolute Gasteiger partial charge is 0.341 e. The number of benzene rings is 2. The lowest BCUT2D eigenvalue weighted by Gasteiger charge is -2.03. The van der Waals surface area contributed by atoms with Crippen molar-refractivity contribution in [1.82, 2.24) is 4.98 Å². The number of ether oxygens (including phenoxy) is 1. The lowest BCUT2D eigenvalue weighted by Crippen LogP contribution is -2.07. The van der Waals surface area contributed by atoms with Gasteiger partial charge in [0, 0.05) is 6.07 Å². The fourth-order valence-corrected chi connectivity index (χ4v) is 2.72. The maximum absolute atomic E-state index is 13.4. The van der Waals surface area contributed by atoms with E-state index >= 15 is 0 Å². The Bertz CT molecular complexity index is 783. The normalized spacial score (nSPS) is 10.8. The summed E-state index contributed by atoms with van der Waals surface area (Å²) in [4.78, 5) is 16.1. The average molecular weight is 305 g/mol. The van der Waals surface area contributed by atoms with Gasteiger partial charge in [-0.15, -0.1) is 11.3 Å². The van der Waals surface area contributed by atoms with Crippen LogP contribution in [0.25, 0.3) is 10.2 Å². The summed E-state index contributed by atoms with van der Waals surface area (Å²) < 4.78 is 32.2. The summed E-state index contributed by atoms with van der Waals surface area (Å²) in [5, 5.41) is 0.618. The van der Waals surface area contributed by atoms with Gasteiger partial charge in [-0.2, -0.15) is 0 Å². The Morgan fingerprint density at radius 2 is 2.00 bits per heavy atom. The monoisotopic (exact) mass is 305 g/mol. The Morgan fingerprint density at radius 1 is 1.19 bits per heavy atom. The van der Waals surface area contributed by atoms with Gasteiger partial charge in [0.1, 0.15) is 23.2 Å². The second kappa shape index (κ2) is 5.57. The van der Waals surface area contributed by atoms with E-state index in [-0.39, 0.29) is 12.2 Å². The first-order valence-corrected chi connectivity index (χ1v) is 6.92. The minimum absolute atomic E-state index is 0.0466. The summed E-state index contributed by atoms with van der Waals surface area (Å²) >= 11 is 1.40. The van der Waals surface area contributed by atoms with Crippen LogP contribution in [-0.4, -0.2) is 11.0 Å². The largest absolute Gasteiger partial charge is 0.455 e. The van der Waals surface area contributed by atoms with E-state index in [1.165, 1.54) is 11.3 Å². The molecule has 0 bridgehead atoms. The minimum atomic E-state index is -0.940. The highest BCUT2D eigenvalue weighted by molar-refractivity contribution is 7.18. The molecule has 6 heteroatoms. The standard InChI is InChI=1S/C15H9F2NO2S/c16-9-5-6-10(11(17)7-9)15(19)20-8-14-18-12-3-1-2-4-13(12)21-14/h1-7H,8H2. The van der Waals surface area contributed by atoms with Crippen molar-refractivity contribution in [1.29, 1.82) is 0 Å². The molecular formula is C15H9F2NO2S. The maximum Gasteiger partial charge on any atom is 0.341 e. The fourth-order valence-electron chi connectivity index (χ4n) is 1.84. The maximum atomic E-state index is 13.4. The number of carbonyl (C=O) groups is 1. The van der Waals surface area contributed by atoms with E-state index in [4.69, 9.17) is 4.74 Å². The van der Waals surface area contributed by atoms with Gasteiger partial charge in [-0.05, 0) is 24.3 Å². The Kier molecular flexibility index (Phi) is 3.62. The van der Waals surface area contributed by atoms with Gasteiger partial charge >= 0.3 is 5.97 Å². The van der Waals surface area contributed by atoms with E-state index in [0.717, 1.165) is 22.3 Å². The van der Waals surface area contributed by atoms with Crippen LogP contribution in [0.2, 0.25) is 0 Å². The Hall–Kier alpha value is -2.34. The summed E-state index contributed by atoms with van der Waals surface area (Å²) in [5.74, 6) is -2.52. The predicted molar refractivity (Wildman–Crippen MR) is 75.1 cm³/mol. The average Bonchev–Trinajstić information content (AvgIpc) is 2.87. The van der Waals surface area contributed by atoms with E-state index in [9.17, 15) is 13.6 Å². The molecule has 3 rings (SSSR count). The van der Waals surface area contributed by atoms with E-state index in [2.05, 4.69) is 4.98 Å². The number of para-hydroxylation sites is 1. The summed E-state index contributed by atoms with van der Waals surface area (Å²) in [6.07, 6.45) is 0. The molecule has 0 fully saturated rings. The Balaban J connectivity index is 1.73. The molecular weight excluding hydrogens is 296 g/mol. The lowest BCUT2D eigenvalue weighted by molar-refractivity contribution is 0.0467. The molecule has 0 saturated carbocycles. The molecule has 0 aliphatic rings. The zero-order valence-electron chi connectivity index (χ0n) is 10.7. The number of hydrogen-bond acceptors (Lipinski definition) is 4. The topological polar surface area (TPSA) is 39.2 Å². The van der Waals surface area contributed by atoms with Gasteiger partial charge in [-0.3, -0.25) is 0 Å². The first-order chi connectivity index (χ1) is 10.1. The number of fused-ring (bicyclic) bond motifs is 1. The number of rotatable bonds is 3. The van der Waals surface area contributed by atoms with Crippen molar-refractivity contribution < 1.29 is 18.3 Å². The van der Waals surface area contributed by atoms with Crippen molar-refractivity contribution in [2.45, 2.75) is 6.61 Å². The number of carbonyl (C=O) groups excluding carboxylic acids is 1. The zero-order chi connectivity index (χ0) is 14.8. The highest BCUT2D eigenvalue weighted by atomic mass is 32.1. The number of aromatic nitrogens is 1. The molecule has 0 spiro atoms. The van der Waals surface area contributed by atoms with Crippen LogP contribution in [0.15, 0.2) is 42.5 Å². The molecule has 106 valence electrons. The SMILES string of the molecule is O=C(OCc1nc2ccccc2s1)c1ccc(F)cc1F. The first-order valence-electron chi connectivity index (χ1n) is 6.10. The number of hydrogen-bond donors (Lipinski definition) is 0. The third-order valence-electron chi connectivity index (χ3n) is 2.82. The highest BCUT2D eigenvalue weighted by Gasteiger charge is 2.15. The molecule has 0 aliphatic carbocycles. The third-order valence-corrected chi connectivity index (χ3v) is 3.83. The molecule has 21 heavy (non-hydrogen) atoms. The number of thiazole rings is 1. The van der Waals surface area contributed by atoms with Gasteiger partial charge in [-0.1, -0.05) is 12.1 Å². The molecule has 1 aromatic heterocycles. The van der Waals surface area contributed by atoms with Crippen LogP contribution in [0.4, 0.5) is 8.78 Å². The van der Waals surface area contributed by atoms with E-state index in [1.54, 1.807) is 0 Å². The van der Waals surface area contributed by atoms with Gasteiger partial charge in [0.2, 0.25) is 0 Å². The minimum Gasteiger partial charge on any atom is -0.455 e. The van der Waals surface area contributed by atoms with Crippen molar-refractivity contribution in [2.24, 2.45) is 0 Å². The molecule has 0 atom stereocenters. The van der Waals surface area contributed by atoms with Gasteiger partial charge in [0.15, 0.2) is 0 Å². The van der Waals surface area contributed by atoms with Gasteiger partial charge in [0.25, 0.3) is 0 Å². The molecule has 3 aromatic rings. The quantitative estimate of drug-likeness (QED) is 0.688. The van der Waals surface area contributed by atoms with Gasteiger partial charge < -0.3 is 4.74 Å². The molecule has 0 unspecified atom stereocenters. The highest BCUT2D eigenvalue weighted by Crippen LogP contribution is 2.22. The summed E-state index contributed by atoms with van der Waals surface area (Å²) in [6.45, 7) is -0.0466. The number of halogens is 2. The van der Waals surface area contributed by atoms with Crippen molar-refractivity contribution in [3.8, 4) is 0 Å². The second-order valence-corrected chi connectivity index (χ2v) is 5.39.